The molecule has 4 aromatic rings. The van der Waals surface area contributed by atoms with Gasteiger partial charge >= 0.3 is 0 Å². The molecule has 210 valence electrons. The van der Waals surface area contributed by atoms with E-state index >= 15 is 0 Å². The number of hydrogen-bond donors (Lipinski definition) is 3. The molecular weight excluding hydrogens is 532 g/mol. The van der Waals surface area contributed by atoms with Crippen LogP contribution < -0.4 is 25.8 Å². The van der Waals surface area contributed by atoms with Gasteiger partial charge in [-0.3, -0.25) is 4.79 Å². The van der Waals surface area contributed by atoms with Crippen LogP contribution in [0.2, 0.25) is 0 Å². The number of aliphatic hydroxyl groups is 1. The number of β-amino-alcohol motifs (C(OH)–C–C–N with tert-alkyl or cyclic N) is 1. The van der Waals surface area contributed by atoms with Gasteiger partial charge in [-0.25, -0.2) is 14.5 Å². The Balaban J connectivity index is 1.22. The summed E-state index contributed by atoms with van der Waals surface area (Å²) in [5.74, 6) is 1.06. The molecule has 7 rings (SSSR count). The van der Waals surface area contributed by atoms with E-state index in [1.54, 1.807) is 15.9 Å². The molecule has 7 heterocycles. The van der Waals surface area contributed by atoms with Gasteiger partial charge in [0, 0.05) is 51.5 Å². The van der Waals surface area contributed by atoms with E-state index < -0.39 is 6.10 Å². The molecule has 3 aliphatic rings. The smallest absolute Gasteiger partial charge is 0.261 e. The number of nitrogens with one attached hydrogen (secondary N) is 1. The van der Waals surface area contributed by atoms with Gasteiger partial charge in [-0.05, 0) is 31.4 Å². The fourth-order valence-electron chi connectivity index (χ4n) is 5.60. The molecule has 2 atom stereocenters. The highest BCUT2D eigenvalue weighted by Crippen LogP contribution is 2.36. The zero-order valence-corrected chi connectivity index (χ0v) is 22.9. The van der Waals surface area contributed by atoms with Crippen molar-refractivity contribution in [1.29, 1.82) is 0 Å². The number of fused-ring (bicyclic) bond motifs is 2. The number of piperidine rings is 1. The monoisotopic (exact) mass is 564 g/mol. The van der Waals surface area contributed by atoms with Gasteiger partial charge in [0.05, 0.1) is 35.9 Å². The summed E-state index contributed by atoms with van der Waals surface area (Å²) in [5.41, 5.74) is 8.24. The third kappa shape index (κ3) is 4.80. The highest BCUT2D eigenvalue weighted by Gasteiger charge is 2.27. The summed E-state index contributed by atoms with van der Waals surface area (Å²) < 4.78 is 7.98. The molecule has 3 saturated heterocycles. The molecule has 4 N–H and O–H groups in total. The Kier molecular flexibility index (Phi) is 6.62. The van der Waals surface area contributed by atoms with E-state index in [-0.39, 0.29) is 11.9 Å². The fraction of sp³-hybridized carbons (Fsp3) is 0.500. The van der Waals surface area contributed by atoms with Crippen LogP contribution in [0.3, 0.4) is 0 Å². The SMILES string of the molecule is NC1CCCN(c2ccn3ncc(C(=O)Nc4cc5sc(N6CCOCC6)nc5nc4N4CCC(O)C4)c3n2)C1. The number of amides is 1. The van der Waals surface area contributed by atoms with Crippen molar-refractivity contribution in [3.63, 3.8) is 0 Å². The number of hydrogen-bond acceptors (Lipinski definition) is 12. The second-order valence-electron chi connectivity index (χ2n) is 10.6. The standard InChI is InChI=1S/C26H32N10O3S/c27-16-2-1-5-34(14-16)21-4-7-36-23(30-21)18(13-28-36)25(38)29-19-12-20-22(31-24(19)35-6-3-17(37)15-35)32-26(40-20)33-8-10-39-11-9-33/h4,7,12-13,16-17,37H,1-3,5-6,8-11,14-15,27H2,(H,29,38). The number of carbonyl (C=O) groups is 1. The number of nitrogens with zero attached hydrogens (tertiary/aromatic N) is 8. The average molecular weight is 565 g/mol. The van der Waals surface area contributed by atoms with Gasteiger partial charge in [0.1, 0.15) is 11.4 Å². The van der Waals surface area contributed by atoms with Gasteiger partial charge in [0.15, 0.2) is 22.2 Å². The van der Waals surface area contributed by atoms with Crippen LogP contribution in [0.4, 0.5) is 22.5 Å². The lowest BCUT2D eigenvalue weighted by Crippen LogP contribution is -2.43. The van der Waals surface area contributed by atoms with Crippen molar-refractivity contribution in [2.45, 2.75) is 31.4 Å². The minimum absolute atomic E-state index is 0.111. The maximum absolute atomic E-state index is 13.7. The minimum atomic E-state index is -0.439. The lowest BCUT2D eigenvalue weighted by Gasteiger charge is -2.31. The summed E-state index contributed by atoms with van der Waals surface area (Å²) in [4.78, 5) is 34.5. The van der Waals surface area contributed by atoms with E-state index in [2.05, 4.69) is 20.2 Å². The van der Waals surface area contributed by atoms with Crippen LogP contribution in [0, 0.1) is 0 Å². The Morgan fingerprint density at radius 3 is 2.75 bits per heavy atom. The summed E-state index contributed by atoms with van der Waals surface area (Å²) in [7, 11) is 0. The van der Waals surface area contributed by atoms with Gasteiger partial charge in [-0.1, -0.05) is 11.3 Å². The van der Waals surface area contributed by atoms with Gasteiger partial charge in [0.2, 0.25) is 0 Å². The molecule has 0 radical (unpaired) electrons. The van der Waals surface area contributed by atoms with E-state index in [0.717, 1.165) is 54.7 Å². The number of thiazole rings is 1. The molecule has 3 fully saturated rings. The minimum Gasteiger partial charge on any atom is -0.391 e. The van der Waals surface area contributed by atoms with Crippen molar-refractivity contribution in [2.75, 3.05) is 72.5 Å². The molecule has 0 spiro atoms. The highest BCUT2D eigenvalue weighted by atomic mass is 32.1. The second-order valence-corrected chi connectivity index (χ2v) is 11.6. The Labute approximate surface area is 234 Å². The molecule has 0 aliphatic carbocycles. The first-order chi connectivity index (χ1) is 19.5. The van der Waals surface area contributed by atoms with Gasteiger partial charge in [-0.15, -0.1) is 0 Å². The van der Waals surface area contributed by atoms with E-state index in [1.807, 2.05) is 23.2 Å². The van der Waals surface area contributed by atoms with Gasteiger partial charge in [0.25, 0.3) is 5.91 Å². The largest absolute Gasteiger partial charge is 0.391 e. The second kappa shape index (κ2) is 10.4. The van der Waals surface area contributed by atoms with Crippen molar-refractivity contribution in [3.8, 4) is 0 Å². The number of pyridine rings is 1. The Hall–Kier alpha value is -3.59. The number of anilines is 4. The first-order valence-corrected chi connectivity index (χ1v) is 14.6. The third-order valence-electron chi connectivity index (χ3n) is 7.72. The van der Waals surface area contributed by atoms with E-state index in [1.165, 1.54) is 6.20 Å². The topological polar surface area (TPSA) is 150 Å². The zero-order valence-electron chi connectivity index (χ0n) is 22.1. The Bertz CT molecular complexity index is 1550. The number of aliphatic hydroxyl groups excluding tert-OH is 1. The predicted molar refractivity (Wildman–Crippen MR) is 154 cm³/mol. The molecule has 2 unspecified atom stereocenters. The maximum atomic E-state index is 13.7. The van der Waals surface area contributed by atoms with Crippen LogP contribution in [-0.4, -0.2) is 100 Å². The number of carbonyl (C=O) groups excluding carboxylic acids is 1. The molecule has 0 aromatic carbocycles. The summed E-state index contributed by atoms with van der Waals surface area (Å²) in [5, 5.41) is 18.5. The Morgan fingerprint density at radius 1 is 1.07 bits per heavy atom. The van der Waals surface area contributed by atoms with Crippen LogP contribution in [0.5, 0.6) is 0 Å². The first-order valence-electron chi connectivity index (χ1n) is 13.8. The first kappa shape index (κ1) is 25.4. The third-order valence-corrected chi connectivity index (χ3v) is 8.78. The van der Waals surface area contributed by atoms with Crippen molar-refractivity contribution in [3.05, 3.63) is 30.1 Å². The van der Waals surface area contributed by atoms with Crippen LogP contribution >= 0.6 is 11.3 Å². The van der Waals surface area contributed by atoms with Crippen molar-refractivity contribution in [1.82, 2.24) is 24.6 Å². The number of nitrogens with two attached hydrogens (primary N) is 1. The Morgan fingerprint density at radius 2 is 1.95 bits per heavy atom. The maximum Gasteiger partial charge on any atom is 0.261 e. The molecule has 40 heavy (non-hydrogen) atoms. The van der Waals surface area contributed by atoms with E-state index in [9.17, 15) is 9.90 Å². The number of rotatable bonds is 5. The molecule has 14 heteroatoms. The van der Waals surface area contributed by atoms with Gasteiger partial charge < -0.3 is 35.6 Å². The molecule has 3 aliphatic heterocycles. The molecular formula is C26H32N10O3S. The van der Waals surface area contributed by atoms with Crippen LogP contribution in [0.25, 0.3) is 16.0 Å². The highest BCUT2D eigenvalue weighted by molar-refractivity contribution is 7.22. The summed E-state index contributed by atoms with van der Waals surface area (Å²) in [6.07, 6.45) is 5.58. The molecule has 0 saturated carbocycles. The van der Waals surface area contributed by atoms with Gasteiger partial charge in [-0.2, -0.15) is 10.1 Å². The fourth-order valence-corrected chi connectivity index (χ4v) is 6.60. The zero-order chi connectivity index (χ0) is 27.2. The van der Waals surface area contributed by atoms with E-state index in [0.29, 0.717) is 61.1 Å². The van der Waals surface area contributed by atoms with Crippen molar-refractivity contribution < 1.29 is 14.6 Å². The molecule has 4 aromatic heterocycles. The number of aromatic nitrogens is 5. The summed E-state index contributed by atoms with van der Waals surface area (Å²) in [6.45, 7) is 5.60. The lowest BCUT2D eigenvalue weighted by molar-refractivity contribution is 0.102. The quantitative estimate of drug-likeness (QED) is 0.322. The predicted octanol–water partition coefficient (Wildman–Crippen LogP) is 1.32. The van der Waals surface area contributed by atoms with Crippen molar-refractivity contribution >= 4 is 55.7 Å². The molecule has 0 bridgehead atoms. The van der Waals surface area contributed by atoms with Crippen LogP contribution in [-0.2, 0) is 4.74 Å². The summed E-state index contributed by atoms with van der Waals surface area (Å²) >= 11 is 1.55. The molecule has 13 nitrogen and oxygen atoms in total. The average Bonchev–Trinajstić information content (AvgIpc) is 3.70. The number of ether oxygens (including phenoxy) is 1. The van der Waals surface area contributed by atoms with Crippen molar-refractivity contribution in [2.24, 2.45) is 5.73 Å². The van der Waals surface area contributed by atoms with Crippen LogP contribution in [0.15, 0.2) is 24.5 Å². The summed E-state index contributed by atoms with van der Waals surface area (Å²) in [6, 6.07) is 3.95. The van der Waals surface area contributed by atoms with E-state index in [4.69, 9.17) is 25.4 Å². The lowest BCUT2D eigenvalue weighted by atomic mass is 10.1. The van der Waals surface area contributed by atoms with Crippen LogP contribution in [0.1, 0.15) is 29.6 Å². The normalized spacial score (nSPS) is 22.0. The molecule has 1 amide bonds. The number of morpholine rings is 1.